The lowest BCUT2D eigenvalue weighted by Crippen LogP contribution is -2.47. The molecule has 7 nitrogen and oxygen atoms in total. The van der Waals surface area contributed by atoms with Crippen molar-refractivity contribution >= 4 is 11.8 Å². The molecule has 2 aliphatic carbocycles. The zero-order valence-electron chi connectivity index (χ0n) is 12.9. The Morgan fingerprint density at radius 2 is 2.09 bits per heavy atom. The molecule has 23 heavy (non-hydrogen) atoms. The Bertz CT molecular complexity index is 638. The quantitative estimate of drug-likeness (QED) is 0.874. The highest BCUT2D eigenvalue weighted by atomic mass is 19.1. The molecule has 1 unspecified atom stereocenters. The molecule has 1 aromatic rings. The third-order valence-corrected chi connectivity index (χ3v) is 5.04. The molecule has 1 atom stereocenters. The van der Waals surface area contributed by atoms with Crippen LogP contribution in [0.25, 0.3) is 0 Å². The second kappa shape index (κ2) is 5.28. The Kier molecular flexibility index (Phi) is 3.35. The normalized spacial score (nSPS) is 26.0. The van der Waals surface area contributed by atoms with Crippen molar-refractivity contribution in [1.29, 1.82) is 0 Å². The van der Waals surface area contributed by atoms with Gasteiger partial charge in [-0.15, -0.1) is 0 Å². The molecular weight excluding hydrogens is 301 g/mol. The minimum atomic E-state index is -1.73. The standard InChI is InChI=1S/C15H20FN5O2/c16-15(4-5-15)14(23)20-6-10(13(22)19-11-2-1-3-11)7-21-12(8-20)17-9-18-21/h9-11H,1-8H2,(H,19,22). The molecule has 1 aliphatic heterocycles. The van der Waals surface area contributed by atoms with Gasteiger partial charge in [0.1, 0.15) is 12.2 Å². The minimum absolute atomic E-state index is 0.0837. The van der Waals surface area contributed by atoms with E-state index in [1.54, 1.807) is 4.68 Å². The number of halogens is 1. The fourth-order valence-corrected chi connectivity index (χ4v) is 3.13. The Morgan fingerprint density at radius 3 is 2.74 bits per heavy atom. The number of aromatic nitrogens is 3. The summed E-state index contributed by atoms with van der Waals surface area (Å²) >= 11 is 0. The molecule has 2 amide bonds. The predicted octanol–water partition coefficient (Wildman–Crippen LogP) is 0.407. The molecule has 2 fully saturated rings. The van der Waals surface area contributed by atoms with Crippen LogP contribution in [-0.2, 0) is 22.7 Å². The maximum absolute atomic E-state index is 14.2. The van der Waals surface area contributed by atoms with Crippen LogP contribution < -0.4 is 5.32 Å². The first kappa shape index (κ1) is 14.6. The predicted molar refractivity (Wildman–Crippen MR) is 77.8 cm³/mol. The van der Waals surface area contributed by atoms with Crippen molar-refractivity contribution < 1.29 is 14.0 Å². The van der Waals surface area contributed by atoms with Gasteiger partial charge in [-0.05, 0) is 32.1 Å². The Hall–Kier alpha value is -1.99. The average Bonchev–Trinajstić information content (AvgIpc) is 3.15. The third kappa shape index (κ3) is 2.70. The van der Waals surface area contributed by atoms with Crippen molar-refractivity contribution in [2.45, 2.75) is 56.9 Å². The first-order chi connectivity index (χ1) is 11.0. The molecule has 1 aromatic heterocycles. The third-order valence-electron chi connectivity index (χ3n) is 5.04. The van der Waals surface area contributed by atoms with Gasteiger partial charge in [-0.3, -0.25) is 9.59 Å². The number of hydrogen-bond donors (Lipinski definition) is 1. The molecule has 0 radical (unpaired) electrons. The highest BCUT2D eigenvalue weighted by Crippen LogP contribution is 2.42. The molecule has 2 saturated carbocycles. The smallest absolute Gasteiger partial charge is 0.260 e. The molecule has 0 aromatic carbocycles. The molecule has 4 rings (SSSR count). The maximum atomic E-state index is 14.2. The zero-order chi connectivity index (χ0) is 16.0. The van der Waals surface area contributed by atoms with Crippen LogP contribution in [-0.4, -0.2) is 49.7 Å². The van der Waals surface area contributed by atoms with Crippen LogP contribution in [0.3, 0.4) is 0 Å². The number of amides is 2. The van der Waals surface area contributed by atoms with E-state index in [2.05, 4.69) is 15.4 Å². The van der Waals surface area contributed by atoms with Gasteiger partial charge in [0.25, 0.3) is 5.91 Å². The molecule has 8 heteroatoms. The highest BCUT2D eigenvalue weighted by molar-refractivity contribution is 5.88. The van der Waals surface area contributed by atoms with Gasteiger partial charge < -0.3 is 10.2 Å². The second-order valence-corrected chi connectivity index (χ2v) is 6.84. The van der Waals surface area contributed by atoms with E-state index < -0.39 is 17.5 Å². The minimum Gasteiger partial charge on any atom is -0.353 e. The van der Waals surface area contributed by atoms with Crippen LogP contribution in [0, 0.1) is 5.92 Å². The van der Waals surface area contributed by atoms with Gasteiger partial charge in [0.2, 0.25) is 5.91 Å². The molecule has 0 bridgehead atoms. The van der Waals surface area contributed by atoms with Gasteiger partial charge in [0, 0.05) is 12.6 Å². The second-order valence-electron chi connectivity index (χ2n) is 6.84. The number of nitrogens with zero attached hydrogens (tertiary/aromatic N) is 4. The van der Waals surface area contributed by atoms with Gasteiger partial charge >= 0.3 is 0 Å². The number of fused-ring (bicyclic) bond motifs is 1. The van der Waals surface area contributed by atoms with E-state index in [0.717, 1.165) is 19.3 Å². The Balaban J connectivity index is 1.54. The van der Waals surface area contributed by atoms with Gasteiger partial charge in [-0.1, -0.05) is 0 Å². The lowest BCUT2D eigenvalue weighted by Gasteiger charge is -2.30. The largest absolute Gasteiger partial charge is 0.353 e. The number of rotatable bonds is 3. The van der Waals surface area contributed by atoms with Crippen LogP contribution in [0.15, 0.2) is 6.33 Å². The zero-order valence-corrected chi connectivity index (χ0v) is 12.9. The first-order valence-electron chi connectivity index (χ1n) is 8.20. The van der Waals surface area contributed by atoms with Gasteiger partial charge in [0.05, 0.1) is 19.0 Å². The fraction of sp³-hybridized carbons (Fsp3) is 0.733. The lowest BCUT2D eigenvalue weighted by molar-refractivity contribution is -0.140. The summed E-state index contributed by atoms with van der Waals surface area (Å²) in [6.45, 7) is 0.794. The van der Waals surface area contributed by atoms with E-state index in [1.165, 1.54) is 11.2 Å². The van der Waals surface area contributed by atoms with Crippen molar-refractivity contribution in [3.63, 3.8) is 0 Å². The summed E-state index contributed by atoms with van der Waals surface area (Å²) in [6.07, 6.45) is 5.10. The number of carbonyl (C=O) groups is 2. The number of alkyl halides is 1. The molecule has 2 heterocycles. The van der Waals surface area contributed by atoms with Crippen LogP contribution >= 0.6 is 0 Å². The summed E-state index contributed by atoms with van der Waals surface area (Å²) in [7, 11) is 0. The first-order valence-corrected chi connectivity index (χ1v) is 8.20. The highest BCUT2D eigenvalue weighted by Gasteiger charge is 2.53. The molecule has 124 valence electrons. The Labute approximate surface area is 133 Å². The van der Waals surface area contributed by atoms with Crippen molar-refractivity contribution in [1.82, 2.24) is 25.0 Å². The van der Waals surface area contributed by atoms with Crippen LogP contribution in [0.5, 0.6) is 0 Å². The topological polar surface area (TPSA) is 80.1 Å². The van der Waals surface area contributed by atoms with E-state index in [9.17, 15) is 14.0 Å². The number of carbonyl (C=O) groups excluding carboxylic acids is 2. The van der Waals surface area contributed by atoms with E-state index >= 15 is 0 Å². The monoisotopic (exact) mass is 321 g/mol. The summed E-state index contributed by atoms with van der Waals surface area (Å²) in [4.78, 5) is 30.5. The van der Waals surface area contributed by atoms with Gasteiger partial charge in [-0.2, -0.15) is 5.10 Å². The lowest BCUT2D eigenvalue weighted by atomic mass is 9.92. The molecule has 0 spiro atoms. The summed E-state index contributed by atoms with van der Waals surface area (Å²) < 4.78 is 15.8. The Morgan fingerprint density at radius 1 is 1.30 bits per heavy atom. The van der Waals surface area contributed by atoms with Crippen LogP contribution in [0.2, 0.25) is 0 Å². The fourth-order valence-electron chi connectivity index (χ4n) is 3.13. The molecule has 3 aliphatic rings. The molecule has 1 N–H and O–H groups in total. The van der Waals surface area contributed by atoms with E-state index in [4.69, 9.17) is 0 Å². The summed E-state index contributed by atoms with van der Waals surface area (Å²) in [5, 5.41) is 7.15. The summed E-state index contributed by atoms with van der Waals surface area (Å²) in [6, 6.07) is 0.237. The molecular formula is C15H20FN5O2. The summed E-state index contributed by atoms with van der Waals surface area (Å²) in [5.41, 5.74) is -1.73. The maximum Gasteiger partial charge on any atom is 0.260 e. The number of hydrogen-bond acceptors (Lipinski definition) is 4. The summed E-state index contributed by atoms with van der Waals surface area (Å²) in [5.74, 6) is -0.429. The molecule has 0 saturated heterocycles. The van der Waals surface area contributed by atoms with Gasteiger partial charge in [0.15, 0.2) is 5.67 Å². The average molecular weight is 321 g/mol. The number of nitrogens with one attached hydrogen (secondary N) is 1. The van der Waals surface area contributed by atoms with Crippen molar-refractivity contribution in [2.75, 3.05) is 6.54 Å². The van der Waals surface area contributed by atoms with Crippen molar-refractivity contribution in [3.8, 4) is 0 Å². The van der Waals surface area contributed by atoms with Crippen molar-refractivity contribution in [2.24, 2.45) is 5.92 Å². The van der Waals surface area contributed by atoms with E-state index in [1.807, 2.05) is 0 Å². The SMILES string of the molecule is O=C(NC1CCC1)C1CN(C(=O)C2(F)CC2)Cc2ncnn2C1. The van der Waals surface area contributed by atoms with Crippen molar-refractivity contribution in [3.05, 3.63) is 12.2 Å². The van der Waals surface area contributed by atoms with Gasteiger partial charge in [-0.25, -0.2) is 14.1 Å². The van der Waals surface area contributed by atoms with E-state index in [-0.39, 0.29) is 37.9 Å². The van der Waals surface area contributed by atoms with E-state index in [0.29, 0.717) is 12.4 Å². The van der Waals surface area contributed by atoms with Crippen LogP contribution in [0.1, 0.15) is 37.9 Å². The van der Waals surface area contributed by atoms with Crippen LogP contribution in [0.4, 0.5) is 4.39 Å².